The van der Waals surface area contributed by atoms with E-state index in [0.717, 1.165) is 30.0 Å². The van der Waals surface area contributed by atoms with Gasteiger partial charge in [0.15, 0.2) is 0 Å². The van der Waals surface area contributed by atoms with E-state index in [1.165, 1.54) is 0 Å². The van der Waals surface area contributed by atoms with Gasteiger partial charge in [0.25, 0.3) is 5.56 Å². The Kier molecular flexibility index (Phi) is 8.34. The van der Waals surface area contributed by atoms with E-state index >= 15 is 0 Å². The molecule has 0 spiro atoms. The number of halogens is 1. The Labute approximate surface area is 161 Å². The van der Waals surface area contributed by atoms with E-state index in [2.05, 4.69) is 6.92 Å². The zero-order valence-electron chi connectivity index (χ0n) is 15.9. The minimum atomic E-state index is -1.17. The van der Waals surface area contributed by atoms with Crippen molar-refractivity contribution in [3.63, 3.8) is 0 Å². The fourth-order valence-electron chi connectivity index (χ4n) is 3.06. The van der Waals surface area contributed by atoms with Crippen LogP contribution in [-0.2, 0) is 20.8 Å². The minimum absolute atomic E-state index is 0.0322. The number of unbranched alkanes of at least 4 members (excludes halogenated alkanes) is 3. The second-order valence-electron chi connectivity index (χ2n) is 6.77. The molecule has 158 valence electrons. The summed E-state index contributed by atoms with van der Waals surface area (Å²) in [5.74, 6) is -1.61. The van der Waals surface area contributed by atoms with Crippen LogP contribution in [0.25, 0.3) is 0 Å². The lowest BCUT2D eigenvalue weighted by Gasteiger charge is -2.16. The van der Waals surface area contributed by atoms with Crippen LogP contribution in [0.3, 0.4) is 0 Å². The Bertz CT molecular complexity index is 776. The number of nitrogens with zero attached hydrogens (tertiary/aromatic N) is 2. The standard InChI is InChI=1S/C18H27FN2O7/c1-2-3-4-5-6-16(24)27-8-7-20-17(25)12(19)10-21(18(20)26)15-9-13(23)14(11-22)28-15/h10,13-15,22-23H,2-9,11H2,1H3/t13?,14-,15-/m0/s1. The van der Waals surface area contributed by atoms with Gasteiger partial charge in [-0.3, -0.25) is 18.7 Å². The van der Waals surface area contributed by atoms with E-state index in [0.29, 0.717) is 11.0 Å². The van der Waals surface area contributed by atoms with Gasteiger partial charge in [0, 0.05) is 12.8 Å². The van der Waals surface area contributed by atoms with Crippen LogP contribution in [-0.4, -0.2) is 50.7 Å². The lowest BCUT2D eigenvalue weighted by molar-refractivity contribution is -0.144. The van der Waals surface area contributed by atoms with Crippen LogP contribution in [0, 0.1) is 5.82 Å². The van der Waals surface area contributed by atoms with Crippen molar-refractivity contribution < 1.29 is 28.9 Å². The van der Waals surface area contributed by atoms with Gasteiger partial charge in [-0.2, -0.15) is 4.39 Å². The van der Waals surface area contributed by atoms with Crippen molar-refractivity contribution in [2.24, 2.45) is 0 Å². The summed E-state index contributed by atoms with van der Waals surface area (Å²) in [6.45, 7) is 1.07. The number of rotatable bonds is 10. The molecule has 1 fully saturated rings. The molecule has 0 aromatic carbocycles. The van der Waals surface area contributed by atoms with Gasteiger partial charge in [-0.1, -0.05) is 26.2 Å². The lowest BCUT2D eigenvalue weighted by atomic mass is 10.2. The molecule has 1 aromatic heterocycles. The van der Waals surface area contributed by atoms with Crippen molar-refractivity contribution in [2.45, 2.75) is 70.4 Å². The minimum Gasteiger partial charge on any atom is -0.464 e. The number of ether oxygens (including phenoxy) is 2. The first-order valence-electron chi connectivity index (χ1n) is 9.50. The van der Waals surface area contributed by atoms with Crippen LogP contribution in [0.2, 0.25) is 0 Å². The zero-order chi connectivity index (χ0) is 20.7. The molecule has 0 saturated carbocycles. The van der Waals surface area contributed by atoms with Crippen molar-refractivity contribution in [2.75, 3.05) is 13.2 Å². The molecule has 1 aliphatic heterocycles. The molecule has 0 aliphatic carbocycles. The van der Waals surface area contributed by atoms with Crippen LogP contribution < -0.4 is 11.2 Å². The predicted octanol–water partition coefficient (Wildman–Crippen LogP) is 0.303. The third-order valence-electron chi connectivity index (χ3n) is 4.66. The first-order chi connectivity index (χ1) is 13.4. The Hall–Kier alpha value is -2.04. The smallest absolute Gasteiger partial charge is 0.333 e. The van der Waals surface area contributed by atoms with Gasteiger partial charge in [-0.25, -0.2) is 4.79 Å². The Morgan fingerprint density at radius 2 is 2.11 bits per heavy atom. The van der Waals surface area contributed by atoms with Crippen molar-refractivity contribution in [3.05, 3.63) is 32.9 Å². The summed E-state index contributed by atoms with van der Waals surface area (Å²) in [5, 5.41) is 18.9. The molecule has 0 amide bonds. The van der Waals surface area contributed by atoms with Gasteiger partial charge in [0.1, 0.15) is 18.9 Å². The maximum Gasteiger partial charge on any atom is 0.333 e. The maximum absolute atomic E-state index is 14.0. The van der Waals surface area contributed by atoms with Crippen molar-refractivity contribution in [1.82, 2.24) is 9.13 Å². The molecule has 1 aromatic rings. The highest BCUT2D eigenvalue weighted by Crippen LogP contribution is 2.27. The summed E-state index contributed by atoms with van der Waals surface area (Å²) >= 11 is 0. The number of carbonyl (C=O) groups is 1. The third-order valence-corrected chi connectivity index (χ3v) is 4.66. The monoisotopic (exact) mass is 402 g/mol. The molecule has 3 atom stereocenters. The highest BCUT2D eigenvalue weighted by molar-refractivity contribution is 5.69. The van der Waals surface area contributed by atoms with Gasteiger partial charge in [0.2, 0.25) is 5.82 Å². The number of aromatic nitrogens is 2. The van der Waals surface area contributed by atoms with E-state index in [9.17, 15) is 23.9 Å². The molecule has 2 N–H and O–H groups in total. The van der Waals surface area contributed by atoms with Crippen LogP contribution in [0.15, 0.2) is 15.8 Å². The molecule has 2 heterocycles. The summed E-state index contributed by atoms with van der Waals surface area (Å²) in [4.78, 5) is 36.2. The SMILES string of the molecule is CCCCCCC(=O)OCCn1c(=O)c(F)cn([C@@H]2CC(O)[C@H](CO)O2)c1=O. The van der Waals surface area contributed by atoms with Gasteiger partial charge in [-0.05, 0) is 6.42 Å². The molecule has 10 heteroatoms. The molecule has 1 unspecified atom stereocenters. The Balaban J connectivity index is 2.03. The highest BCUT2D eigenvalue weighted by Gasteiger charge is 2.35. The van der Waals surface area contributed by atoms with Crippen molar-refractivity contribution >= 4 is 5.97 Å². The molecular formula is C18H27FN2O7. The van der Waals surface area contributed by atoms with Crippen LogP contribution in [0.1, 0.15) is 51.7 Å². The van der Waals surface area contributed by atoms with Gasteiger partial charge in [0.05, 0.1) is 25.5 Å². The number of aliphatic hydroxyl groups excluding tert-OH is 2. The van der Waals surface area contributed by atoms with Crippen LogP contribution in [0.5, 0.6) is 0 Å². The lowest BCUT2D eigenvalue weighted by Crippen LogP contribution is -2.43. The normalized spacial score (nSPS) is 21.8. The summed E-state index contributed by atoms with van der Waals surface area (Å²) in [6.07, 6.45) is 1.71. The zero-order valence-corrected chi connectivity index (χ0v) is 15.9. The summed E-state index contributed by atoms with van der Waals surface area (Å²) < 4.78 is 25.9. The summed E-state index contributed by atoms with van der Waals surface area (Å²) in [7, 11) is 0. The first-order valence-corrected chi connectivity index (χ1v) is 9.50. The summed E-state index contributed by atoms with van der Waals surface area (Å²) in [6, 6.07) is 0. The average molecular weight is 402 g/mol. The molecule has 28 heavy (non-hydrogen) atoms. The third kappa shape index (κ3) is 5.49. The number of esters is 1. The fourth-order valence-corrected chi connectivity index (χ4v) is 3.06. The quantitative estimate of drug-likeness (QED) is 0.427. The predicted molar refractivity (Wildman–Crippen MR) is 96.3 cm³/mol. The second kappa shape index (κ2) is 10.5. The van der Waals surface area contributed by atoms with E-state index in [4.69, 9.17) is 14.6 Å². The number of hydrogen-bond donors (Lipinski definition) is 2. The van der Waals surface area contributed by atoms with Gasteiger partial charge < -0.3 is 19.7 Å². The summed E-state index contributed by atoms with van der Waals surface area (Å²) in [5.41, 5.74) is -1.97. The molecular weight excluding hydrogens is 375 g/mol. The average Bonchev–Trinajstić information content (AvgIpc) is 3.05. The molecule has 1 aliphatic rings. The van der Waals surface area contributed by atoms with E-state index in [-0.39, 0.29) is 26.0 Å². The number of aliphatic hydroxyl groups is 2. The first kappa shape index (κ1) is 22.3. The van der Waals surface area contributed by atoms with Crippen molar-refractivity contribution in [3.8, 4) is 0 Å². The number of hydrogen-bond acceptors (Lipinski definition) is 7. The van der Waals surface area contributed by atoms with Gasteiger partial charge in [-0.15, -0.1) is 0 Å². The molecule has 0 radical (unpaired) electrons. The van der Waals surface area contributed by atoms with Gasteiger partial charge >= 0.3 is 11.7 Å². The van der Waals surface area contributed by atoms with Crippen LogP contribution in [0.4, 0.5) is 4.39 Å². The van der Waals surface area contributed by atoms with E-state index in [1.54, 1.807) is 0 Å². The topological polar surface area (TPSA) is 120 Å². The second-order valence-corrected chi connectivity index (χ2v) is 6.77. The maximum atomic E-state index is 14.0. The van der Waals surface area contributed by atoms with E-state index < -0.39 is 48.1 Å². The van der Waals surface area contributed by atoms with Crippen molar-refractivity contribution in [1.29, 1.82) is 0 Å². The Morgan fingerprint density at radius 3 is 2.75 bits per heavy atom. The largest absolute Gasteiger partial charge is 0.464 e. The molecule has 1 saturated heterocycles. The fraction of sp³-hybridized carbons (Fsp3) is 0.722. The van der Waals surface area contributed by atoms with E-state index in [1.807, 2.05) is 0 Å². The highest BCUT2D eigenvalue weighted by atomic mass is 19.1. The van der Waals surface area contributed by atoms with Crippen LogP contribution >= 0.6 is 0 Å². The molecule has 0 bridgehead atoms. The Morgan fingerprint density at radius 1 is 1.36 bits per heavy atom. The number of carbonyl (C=O) groups excluding carboxylic acids is 1. The molecule has 9 nitrogen and oxygen atoms in total. The molecule has 2 rings (SSSR count).